The first kappa shape index (κ1) is 30.7. The summed E-state index contributed by atoms with van der Waals surface area (Å²) in [6, 6.07) is 8.34. The molecule has 3 aliphatic carbocycles. The Labute approximate surface area is 246 Å². The lowest BCUT2D eigenvalue weighted by Crippen LogP contribution is -2.81. The summed E-state index contributed by atoms with van der Waals surface area (Å²) in [4.78, 5) is 38.9. The van der Waals surface area contributed by atoms with Gasteiger partial charge in [0.2, 0.25) is 0 Å². The standard InChI is InChI=1S/C32H42O10/c1-16-13-22-31(15-39-22,42-19(4)34)25-27(41-28(37)20-11-9-8-10-12-20)32(38)14-21(35)17(2)23(29(32,5)6)24(40-18(3)33)26(36)30(16,25)7/h8-12,16,21-22,24-27,35-36,38H,13-15H2,1-7H3/t16-,21-,22+,24+,25-,26-,27-,30?,31-,32+/m0/s1. The molecule has 0 radical (unpaired) electrons. The molecule has 10 atom stereocenters. The Morgan fingerprint density at radius 3 is 2.19 bits per heavy atom. The van der Waals surface area contributed by atoms with Crippen LogP contribution in [0, 0.1) is 22.7 Å². The lowest BCUT2D eigenvalue weighted by molar-refractivity contribution is -0.358. The Balaban J connectivity index is 1.83. The van der Waals surface area contributed by atoms with Gasteiger partial charge in [-0.2, -0.15) is 0 Å². The summed E-state index contributed by atoms with van der Waals surface area (Å²) in [5.41, 5.74) is -4.78. The third-order valence-electron chi connectivity index (χ3n) is 10.9. The number of rotatable bonds is 4. The smallest absolute Gasteiger partial charge is 0.338 e. The third-order valence-corrected chi connectivity index (χ3v) is 10.9. The predicted octanol–water partition coefficient (Wildman–Crippen LogP) is 2.72. The van der Waals surface area contributed by atoms with E-state index in [2.05, 4.69) is 0 Å². The molecule has 10 heteroatoms. The average molecular weight is 587 g/mol. The van der Waals surface area contributed by atoms with Crippen LogP contribution in [0.3, 0.4) is 0 Å². The maximum Gasteiger partial charge on any atom is 0.338 e. The van der Waals surface area contributed by atoms with Crippen molar-refractivity contribution in [2.24, 2.45) is 22.7 Å². The number of ether oxygens (including phenoxy) is 4. The van der Waals surface area contributed by atoms with Crippen LogP contribution in [0.25, 0.3) is 0 Å². The third kappa shape index (κ3) is 4.17. The van der Waals surface area contributed by atoms with Gasteiger partial charge in [-0.3, -0.25) is 9.59 Å². The maximum atomic E-state index is 13.8. The zero-order valence-corrected chi connectivity index (χ0v) is 25.2. The summed E-state index contributed by atoms with van der Waals surface area (Å²) in [5, 5.41) is 36.8. The largest absolute Gasteiger partial charge is 0.455 e. The summed E-state index contributed by atoms with van der Waals surface area (Å²) in [6.45, 7) is 11.3. The van der Waals surface area contributed by atoms with Gasteiger partial charge in [0.05, 0.1) is 24.2 Å². The van der Waals surface area contributed by atoms with Crippen molar-refractivity contribution in [3.63, 3.8) is 0 Å². The topological polar surface area (TPSA) is 149 Å². The van der Waals surface area contributed by atoms with Crippen LogP contribution in [0.15, 0.2) is 41.5 Å². The molecule has 3 N–H and O–H groups in total. The van der Waals surface area contributed by atoms with Crippen molar-refractivity contribution >= 4 is 17.9 Å². The number of hydrogen-bond acceptors (Lipinski definition) is 10. The number of esters is 3. The summed E-state index contributed by atoms with van der Waals surface area (Å²) in [5.74, 6) is -3.30. The van der Waals surface area contributed by atoms with Crippen molar-refractivity contribution in [1.82, 2.24) is 0 Å². The lowest BCUT2D eigenvalue weighted by atomic mass is 9.43. The van der Waals surface area contributed by atoms with Gasteiger partial charge < -0.3 is 34.3 Å². The molecule has 5 rings (SSSR count). The number of carbonyl (C=O) groups excluding carboxylic acids is 3. The van der Waals surface area contributed by atoms with E-state index >= 15 is 0 Å². The average Bonchev–Trinajstić information content (AvgIpc) is 2.90. The van der Waals surface area contributed by atoms with E-state index in [9.17, 15) is 29.7 Å². The first-order chi connectivity index (χ1) is 19.5. The summed E-state index contributed by atoms with van der Waals surface area (Å²) < 4.78 is 24.2. The zero-order valence-electron chi connectivity index (χ0n) is 25.2. The first-order valence-corrected chi connectivity index (χ1v) is 14.6. The second-order valence-corrected chi connectivity index (χ2v) is 13.4. The van der Waals surface area contributed by atoms with Gasteiger partial charge in [-0.1, -0.05) is 45.9 Å². The molecule has 4 aliphatic rings. The molecule has 230 valence electrons. The van der Waals surface area contributed by atoms with E-state index in [0.29, 0.717) is 17.6 Å². The van der Waals surface area contributed by atoms with E-state index in [0.717, 1.165) is 0 Å². The lowest BCUT2D eigenvalue weighted by Gasteiger charge is -2.69. The Kier molecular flexibility index (Phi) is 7.41. The normalized spacial score (nSPS) is 42.1. The quantitative estimate of drug-likeness (QED) is 0.273. The minimum absolute atomic E-state index is 0.0463. The molecule has 10 nitrogen and oxygen atoms in total. The molecular weight excluding hydrogens is 544 g/mol. The molecule has 1 unspecified atom stereocenters. The fraction of sp³-hybridized carbons (Fsp3) is 0.656. The molecule has 1 saturated heterocycles. The van der Waals surface area contributed by atoms with Crippen molar-refractivity contribution in [1.29, 1.82) is 0 Å². The van der Waals surface area contributed by atoms with Gasteiger partial charge >= 0.3 is 17.9 Å². The molecule has 0 amide bonds. The molecule has 2 saturated carbocycles. The highest BCUT2D eigenvalue weighted by Crippen LogP contribution is 2.66. The molecule has 1 aromatic rings. The van der Waals surface area contributed by atoms with E-state index < -0.39 is 76.4 Å². The van der Waals surface area contributed by atoms with Gasteiger partial charge in [0.25, 0.3) is 0 Å². The van der Waals surface area contributed by atoms with Crippen LogP contribution in [-0.2, 0) is 28.5 Å². The fourth-order valence-corrected chi connectivity index (χ4v) is 8.46. The first-order valence-electron chi connectivity index (χ1n) is 14.6. The van der Waals surface area contributed by atoms with Gasteiger partial charge in [-0.05, 0) is 42.5 Å². The number of aliphatic hydroxyl groups is 3. The SMILES string of the molecule is CC(=O)O[C@@H]1C2=C(C)[C@@H](O)C[C@@](O)([C@@H](OC(=O)c3ccccc3)[C@H]3C(C)([C@@H](C)C[C@H]4OC[C@]43OC(C)=O)[C@H]1O)C2(C)C. The molecule has 2 bridgehead atoms. The molecule has 0 aromatic heterocycles. The molecule has 1 aliphatic heterocycles. The van der Waals surface area contributed by atoms with Gasteiger partial charge in [0, 0.05) is 31.1 Å². The number of hydrogen-bond donors (Lipinski definition) is 3. The summed E-state index contributed by atoms with van der Waals surface area (Å²) >= 11 is 0. The van der Waals surface area contributed by atoms with Crippen molar-refractivity contribution < 1.29 is 48.7 Å². The van der Waals surface area contributed by atoms with Crippen molar-refractivity contribution in [3.8, 4) is 0 Å². The van der Waals surface area contributed by atoms with Crippen molar-refractivity contribution in [3.05, 3.63) is 47.0 Å². The molecule has 1 heterocycles. The zero-order chi connectivity index (χ0) is 31.0. The summed E-state index contributed by atoms with van der Waals surface area (Å²) in [7, 11) is 0. The van der Waals surface area contributed by atoms with Crippen LogP contribution < -0.4 is 0 Å². The van der Waals surface area contributed by atoms with E-state index in [1.54, 1.807) is 58.0 Å². The highest BCUT2D eigenvalue weighted by molar-refractivity contribution is 5.89. The molecule has 0 spiro atoms. The fourth-order valence-electron chi connectivity index (χ4n) is 8.46. The number of carbonyl (C=O) groups is 3. The molecule has 42 heavy (non-hydrogen) atoms. The highest BCUT2D eigenvalue weighted by Gasteiger charge is 2.77. The second kappa shape index (κ2) is 10.1. The minimum Gasteiger partial charge on any atom is -0.455 e. The van der Waals surface area contributed by atoms with Gasteiger partial charge in [-0.15, -0.1) is 0 Å². The molecule has 1 aromatic carbocycles. The number of aliphatic hydroxyl groups excluding tert-OH is 2. The Hall–Kier alpha value is -2.79. The van der Waals surface area contributed by atoms with Gasteiger partial charge in [0.1, 0.15) is 23.9 Å². The predicted molar refractivity (Wildman–Crippen MR) is 149 cm³/mol. The van der Waals surface area contributed by atoms with Crippen LogP contribution in [0.2, 0.25) is 0 Å². The van der Waals surface area contributed by atoms with Crippen LogP contribution in [0.4, 0.5) is 0 Å². The van der Waals surface area contributed by atoms with E-state index in [1.165, 1.54) is 13.8 Å². The summed E-state index contributed by atoms with van der Waals surface area (Å²) in [6.07, 6.45) is -5.64. The van der Waals surface area contributed by atoms with Crippen LogP contribution in [0.5, 0.6) is 0 Å². The number of fused-ring (bicyclic) bond motifs is 5. The molecular formula is C32H42O10. The Morgan fingerprint density at radius 2 is 1.64 bits per heavy atom. The van der Waals surface area contributed by atoms with Gasteiger partial charge in [0.15, 0.2) is 11.7 Å². The van der Waals surface area contributed by atoms with Crippen molar-refractivity contribution in [2.75, 3.05) is 6.61 Å². The Morgan fingerprint density at radius 1 is 1.00 bits per heavy atom. The highest BCUT2D eigenvalue weighted by atomic mass is 16.6. The Bertz CT molecular complexity index is 1310. The van der Waals surface area contributed by atoms with E-state index in [4.69, 9.17) is 18.9 Å². The van der Waals surface area contributed by atoms with E-state index in [1.807, 2.05) is 6.92 Å². The van der Waals surface area contributed by atoms with Crippen molar-refractivity contribution in [2.45, 2.75) is 103 Å². The monoisotopic (exact) mass is 586 g/mol. The minimum atomic E-state index is -1.96. The number of benzene rings is 1. The van der Waals surface area contributed by atoms with Crippen LogP contribution in [0.1, 0.15) is 71.7 Å². The van der Waals surface area contributed by atoms with Crippen LogP contribution in [-0.4, -0.2) is 81.6 Å². The van der Waals surface area contributed by atoms with E-state index in [-0.39, 0.29) is 24.5 Å². The molecule has 3 fully saturated rings. The van der Waals surface area contributed by atoms with Gasteiger partial charge in [-0.25, -0.2) is 4.79 Å². The maximum absolute atomic E-state index is 13.8. The van der Waals surface area contributed by atoms with Crippen LogP contribution >= 0.6 is 0 Å². The second-order valence-electron chi connectivity index (χ2n) is 13.4.